The van der Waals surface area contributed by atoms with Crippen molar-refractivity contribution in [1.29, 1.82) is 0 Å². The molecule has 0 radical (unpaired) electrons. The van der Waals surface area contributed by atoms with Gasteiger partial charge in [0.1, 0.15) is 5.75 Å². The van der Waals surface area contributed by atoms with Gasteiger partial charge >= 0.3 is 0 Å². The van der Waals surface area contributed by atoms with Crippen LogP contribution in [0.15, 0.2) is 18.2 Å². The fraction of sp³-hybridized carbons (Fsp3) is 0.533. The van der Waals surface area contributed by atoms with Crippen molar-refractivity contribution >= 4 is 17.7 Å². The number of nitrogens with one attached hydrogen (secondary N) is 1. The standard InChI is InChI=1S/C15H23NO3S/c1-10-5-6-13(19-3)12(7-10)8-15(18)16-11(2)14(9-17)20-4/h5-7,11,14,17H,8-9H2,1-4H3,(H,16,18). The molecule has 0 aromatic heterocycles. The SMILES string of the molecule is COc1ccc(C)cc1CC(=O)NC(C)C(CO)SC. The number of ether oxygens (including phenoxy) is 1. The Morgan fingerprint density at radius 3 is 2.75 bits per heavy atom. The highest BCUT2D eigenvalue weighted by molar-refractivity contribution is 7.99. The molecule has 20 heavy (non-hydrogen) atoms. The fourth-order valence-electron chi connectivity index (χ4n) is 2.05. The first kappa shape index (κ1) is 16.9. The maximum absolute atomic E-state index is 12.1. The minimum atomic E-state index is -0.0710. The highest BCUT2D eigenvalue weighted by Crippen LogP contribution is 2.20. The van der Waals surface area contributed by atoms with E-state index in [4.69, 9.17) is 4.74 Å². The van der Waals surface area contributed by atoms with Gasteiger partial charge in [0.05, 0.1) is 20.1 Å². The molecule has 112 valence electrons. The van der Waals surface area contributed by atoms with Gasteiger partial charge in [0, 0.05) is 16.9 Å². The molecule has 0 heterocycles. The first-order chi connectivity index (χ1) is 9.51. The molecule has 0 aliphatic heterocycles. The third kappa shape index (κ3) is 4.72. The summed E-state index contributed by atoms with van der Waals surface area (Å²) in [5.41, 5.74) is 1.97. The Morgan fingerprint density at radius 2 is 2.20 bits per heavy atom. The summed E-state index contributed by atoms with van der Waals surface area (Å²) in [7, 11) is 1.60. The van der Waals surface area contributed by atoms with E-state index in [1.54, 1.807) is 18.9 Å². The predicted molar refractivity (Wildman–Crippen MR) is 83.4 cm³/mol. The van der Waals surface area contributed by atoms with E-state index in [-0.39, 0.29) is 30.2 Å². The second-order valence-electron chi connectivity index (χ2n) is 4.80. The van der Waals surface area contributed by atoms with Gasteiger partial charge in [0.2, 0.25) is 5.91 Å². The molecule has 0 spiro atoms. The first-order valence-corrected chi connectivity index (χ1v) is 7.87. The molecular weight excluding hydrogens is 274 g/mol. The van der Waals surface area contributed by atoms with Gasteiger partial charge in [0.15, 0.2) is 0 Å². The second-order valence-corrected chi connectivity index (χ2v) is 5.88. The third-order valence-corrected chi connectivity index (χ3v) is 4.38. The van der Waals surface area contributed by atoms with E-state index in [2.05, 4.69) is 5.32 Å². The normalized spacial score (nSPS) is 13.7. The highest BCUT2D eigenvalue weighted by Gasteiger charge is 2.18. The second kappa shape index (κ2) is 8.17. The smallest absolute Gasteiger partial charge is 0.224 e. The lowest BCUT2D eigenvalue weighted by Crippen LogP contribution is -2.41. The molecule has 2 unspecified atom stereocenters. The van der Waals surface area contributed by atoms with Crippen molar-refractivity contribution in [2.75, 3.05) is 20.0 Å². The predicted octanol–water partition coefficient (Wildman–Crippen LogP) is 1.77. The number of hydrogen-bond acceptors (Lipinski definition) is 4. The number of thioether (sulfide) groups is 1. The Kier molecular flexibility index (Phi) is 6.88. The Bertz CT molecular complexity index is 447. The summed E-state index contributed by atoms with van der Waals surface area (Å²) in [5, 5.41) is 12.2. The van der Waals surface area contributed by atoms with Gasteiger partial charge in [-0.3, -0.25) is 4.79 Å². The Labute approximate surface area is 124 Å². The minimum Gasteiger partial charge on any atom is -0.496 e. The van der Waals surface area contributed by atoms with Crippen LogP contribution in [0.25, 0.3) is 0 Å². The van der Waals surface area contributed by atoms with Crippen molar-refractivity contribution in [3.63, 3.8) is 0 Å². The van der Waals surface area contributed by atoms with Gasteiger partial charge in [-0.05, 0) is 26.2 Å². The van der Waals surface area contributed by atoms with Crippen LogP contribution in [0.1, 0.15) is 18.1 Å². The van der Waals surface area contributed by atoms with Gasteiger partial charge in [-0.25, -0.2) is 0 Å². The van der Waals surface area contributed by atoms with Gasteiger partial charge < -0.3 is 15.2 Å². The molecule has 0 saturated heterocycles. The van der Waals surface area contributed by atoms with Crippen LogP contribution in [-0.4, -0.2) is 42.3 Å². The maximum Gasteiger partial charge on any atom is 0.224 e. The van der Waals surface area contributed by atoms with Crippen molar-refractivity contribution in [3.05, 3.63) is 29.3 Å². The van der Waals surface area contributed by atoms with Crippen LogP contribution in [0.3, 0.4) is 0 Å². The van der Waals surface area contributed by atoms with E-state index in [0.29, 0.717) is 0 Å². The van der Waals surface area contributed by atoms with Crippen molar-refractivity contribution in [1.82, 2.24) is 5.32 Å². The number of methoxy groups -OCH3 is 1. The molecule has 0 bridgehead atoms. The highest BCUT2D eigenvalue weighted by atomic mass is 32.2. The molecule has 1 aromatic carbocycles. The number of carbonyl (C=O) groups is 1. The van der Waals surface area contributed by atoms with Crippen LogP contribution in [0.5, 0.6) is 5.75 Å². The summed E-state index contributed by atoms with van der Waals surface area (Å²) >= 11 is 1.55. The van der Waals surface area contributed by atoms with Gasteiger partial charge in [-0.1, -0.05) is 17.7 Å². The van der Waals surface area contributed by atoms with E-state index in [9.17, 15) is 9.90 Å². The van der Waals surface area contributed by atoms with Crippen molar-refractivity contribution in [2.45, 2.75) is 31.6 Å². The average Bonchev–Trinajstić information content (AvgIpc) is 2.40. The van der Waals surface area contributed by atoms with Crippen LogP contribution in [0.2, 0.25) is 0 Å². The minimum absolute atomic E-state index is 0.0124. The molecule has 0 saturated carbocycles. The molecule has 0 fully saturated rings. The summed E-state index contributed by atoms with van der Waals surface area (Å²) in [6.07, 6.45) is 2.20. The van der Waals surface area contributed by atoms with Crippen molar-refractivity contribution in [3.8, 4) is 5.75 Å². The summed E-state index contributed by atoms with van der Waals surface area (Å²) in [5.74, 6) is 0.663. The van der Waals surface area contributed by atoms with Crippen LogP contribution in [0, 0.1) is 6.92 Å². The van der Waals surface area contributed by atoms with Gasteiger partial charge in [0.25, 0.3) is 0 Å². The molecule has 2 N–H and O–H groups in total. The molecule has 2 atom stereocenters. The van der Waals surface area contributed by atoms with Gasteiger partial charge in [-0.2, -0.15) is 11.8 Å². The number of hydrogen-bond donors (Lipinski definition) is 2. The lowest BCUT2D eigenvalue weighted by molar-refractivity contribution is -0.121. The topological polar surface area (TPSA) is 58.6 Å². The van der Waals surface area contributed by atoms with E-state index >= 15 is 0 Å². The van der Waals surface area contributed by atoms with E-state index in [1.807, 2.05) is 38.3 Å². The van der Waals surface area contributed by atoms with E-state index in [0.717, 1.165) is 16.9 Å². The van der Waals surface area contributed by atoms with Gasteiger partial charge in [-0.15, -0.1) is 0 Å². The number of benzene rings is 1. The molecule has 1 aromatic rings. The van der Waals surface area contributed by atoms with Crippen LogP contribution >= 0.6 is 11.8 Å². The lowest BCUT2D eigenvalue weighted by Gasteiger charge is -2.21. The average molecular weight is 297 g/mol. The Hall–Kier alpha value is -1.20. The molecule has 4 nitrogen and oxygen atoms in total. The monoisotopic (exact) mass is 297 g/mol. The maximum atomic E-state index is 12.1. The van der Waals surface area contributed by atoms with E-state index in [1.165, 1.54) is 0 Å². The number of carbonyl (C=O) groups excluding carboxylic acids is 1. The number of aliphatic hydroxyl groups is 1. The first-order valence-electron chi connectivity index (χ1n) is 6.58. The van der Waals surface area contributed by atoms with Crippen molar-refractivity contribution < 1.29 is 14.6 Å². The zero-order valence-electron chi connectivity index (χ0n) is 12.5. The number of aliphatic hydroxyl groups excluding tert-OH is 1. The van der Waals surface area contributed by atoms with Crippen LogP contribution in [-0.2, 0) is 11.2 Å². The fourth-order valence-corrected chi connectivity index (χ4v) is 2.68. The Balaban J connectivity index is 2.69. The van der Waals surface area contributed by atoms with Crippen LogP contribution < -0.4 is 10.1 Å². The quantitative estimate of drug-likeness (QED) is 0.805. The summed E-state index contributed by atoms with van der Waals surface area (Å²) in [6.45, 7) is 3.94. The largest absolute Gasteiger partial charge is 0.496 e. The number of rotatable bonds is 7. The summed E-state index contributed by atoms with van der Waals surface area (Å²) in [4.78, 5) is 12.1. The molecule has 0 aliphatic rings. The molecular formula is C15H23NO3S. The number of amides is 1. The lowest BCUT2D eigenvalue weighted by atomic mass is 10.1. The molecule has 5 heteroatoms. The van der Waals surface area contributed by atoms with Crippen molar-refractivity contribution in [2.24, 2.45) is 0 Å². The molecule has 1 amide bonds. The Morgan fingerprint density at radius 1 is 1.50 bits per heavy atom. The zero-order chi connectivity index (χ0) is 15.1. The zero-order valence-corrected chi connectivity index (χ0v) is 13.3. The van der Waals surface area contributed by atoms with E-state index < -0.39 is 0 Å². The third-order valence-electron chi connectivity index (χ3n) is 3.22. The molecule has 0 aliphatic carbocycles. The summed E-state index contributed by atoms with van der Waals surface area (Å²) in [6, 6.07) is 5.72. The summed E-state index contributed by atoms with van der Waals surface area (Å²) < 4.78 is 5.27. The number of aryl methyl sites for hydroxylation is 1. The molecule has 1 rings (SSSR count). The van der Waals surface area contributed by atoms with Crippen LogP contribution in [0.4, 0.5) is 0 Å².